The molecule has 1 N–H and O–H groups in total. The minimum atomic E-state index is -0.152. The second-order valence-corrected chi connectivity index (χ2v) is 9.44. The monoisotopic (exact) mass is 468 g/mol. The van der Waals surface area contributed by atoms with E-state index in [2.05, 4.69) is 5.32 Å². The summed E-state index contributed by atoms with van der Waals surface area (Å²) in [5.74, 6) is 0.410. The highest BCUT2D eigenvalue weighted by Gasteiger charge is 2.32. The first-order valence-electron chi connectivity index (χ1n) is 9.75. The van der Waals surface area contributed by atoms with Gasteiger partial charge in [0.2, 0.25) is 5.91 Å². The number of carbonyl (C=O) groups is 2. The highest BCUT2D eigenvalue weighted by Crippen LogP contribution is 2.39. The molecule has 31 heavy (non-hydrogen) atoms. The number of amides is 2. The average molecular weight is 469 g/mol. The number of para-hydroxylation sites is 1. The van der Waals surface area contributed by atoms with Crippen molar-refractivity contribution in [1.82, 2.24) is 4.90 Å². The number of anilines is 1. The summed E-state index contributed by atoms with van der Waals surface area (Å²) in [6, 6.07) is 22.8. The molecule has 3 aromatic carbocycles. The van der Waals surface area contributed by atoms with Crippen molar-refractivity contribution < 1.29 is 9.59 Å². The minimum absolute atomic E-state index is 0.0718. The molecule has 158 valence electrons. The van der Waals surface area contributed by atoms with Crippen LogP contribution in [0, 0.1) is 0 Å². The third-order valence-corrected chi connectivity index (χ3v) is 7.35. The largest absolute Gasteiger partial charge is 0.322 e. The number of hydrogen-bond donors (Lipinski definition) is 1. The van der Waals surface area contributed by atoms with Gasteiger partial charge >= 0.3 is 0 Å². The lowest BCUT2D eigenvalue weighted by Crippen LogP contribution is -2.27. The van der Waals surface area contributed by atoms with E-state index in [1.807, 2.05) is 84.0 Å². The van der Waals surface area contributed by atoms with Crippen LogP contribution in [0.1, 0.15) is 26.9 Å². The molecule has 2 amide bonds. The van der Waals surface area contributed by atoms with Gasteiger partial charge in [-0.25, -0.2) is 0 Å². The fraction of sp³-hybridized carbons (Fsp3) is 0.167. The number of nitrogens with zero attached hydrogens (tertiary/aromatic N) is 1. The zero-order valence-electron chi connectivity index (χ0n) is 16.9. The Kier molecular flexibility index (Phi) is 6.90. The van der Waals surface area contributed by atoms with E-state index in [1.165, 1.54) is 0 Å². The first-order valence-corrected chi connectivity index (χ1v) is 12.4. The van der Waals surface area contributed by atoms with Crippen molar-refractivity contribution >= 4 is 52.6 Å². The first kappa shape index (κ1) is 21.8. The Morgan fingerprint density at radius 3 is 2.52 bits per heavy atom. The van der Waals surface area contributed by atoms with E-state index in [0.29, 0.717) is 22.9 Å². The van der Waals surface area contributed by atoms with Crippen LogP contribution in [-0.4, -0.2) is 28.7 Å². The van der Waals surface area contributed by atoms with Gasteiger partial charge in [-0.1, -0.05) is 48.0 Å². The second-order valence-electron chi connectivity index (χ2n) is 7.09. The first-order chi connectivity index (χ1) is 15.0. The van der Waals surface area contributed by atoms with Gasteiger partial charge in [-0.2, -0.15) is 0 Å². The molecule has 1 saturated heterocycles. The standard InChI is InChI=1S/C24H21ClN2O2S2/c1-30-21-5-3-2-4-20(21)26-23(29)17-8-10-18(11-9-17)24-27(22(28)15-31-24)14-16-6-12-19(25)13-7-16/h2-13,24H,14-15H2,1H3,(H,26,29)/t24-/m1/s1. The molecular formula is C24H21ClN2O2S2. The zero-order chi connectivity index (χ0) is 21.8. The summed E-state index contributed by atoms with van der Waals surface area (Å²) in [5, 5.41) is 3.59. The summed E-state index contributed by atoms with van der Waals surface area (Å²) < 4.78 is 0. The van der Waals surface area contributed by atoms with Crippen molar-refractivity contribution in [2.75, 3.05) is 17.3 Å². The van der Waals surface area contributed by atoms with Crippen molar-refractivity contribution in [2.24, 2.45) is 0 Å². The number of benzene rings is 3. The van der Waals surface area contributed by atoms with Gasteiger partial charge in [0.1, 0.15) is 5.37 Å². The Hall–Kier alpha value is -2.41. The van der Waals surface area contributed by atoms with Gasteiger partial charge in [0.25, 0.3) is 5.91 Å². The fourth-order valence-electron chi connectivity index (χ4n) is 3.43. The van der Waals surface area contributed by atoms with Gasteiger partial charge in [0.05, 0.1) is 11.4 Å². The number of rotatable bonds is 6. The summed E-state index contributed by atoms with van der Waals surface area (Å²) in [6.45, 7) is 0.529. The van der Waals surface area contributed by atoms with Crippen molar-refractivity contribution in [3.05, 3.63) is 94.5 Å². The van der Waals surface area contributed by atoms with Crippen molar-refractivity contribution in [3.8, 4) is 0 Å². The van der Waals surface area contributed by atoms with E-state index >= 15 is 0 Å². The van der Waals surface area contributed by atoms with Crippen LogP contribution in [0.3, 0.4) is 0 Å². The van der Waals surface area contributed by atoms with Gasteiger partial charge in [-0.05, 0) is 53.8 Å². The Balaban J connectivity index is 1.48. The molecule has 0 unspecified atom stereocenters. The summed E-state index contributed by atoms with van der Waals surface area (Å²) in [4.78, 5) is 28.1. The maximum atomic E-state index is 12.7. The maximum Gasteiger partial charge on any atom is 0.255 e. The lowest BCUT2D eigenvalue weighted by Gasteiger charge is -2.24. The second kappa shape index (κ2) is 9.81. The summed E-state index contributed by atoms with van der Waals surface area (Å²) in [6.07, 6.45) is 1.98. The molecule has 1 aliphatic heterocycles. The van der Waals surface area contributed by atoms with E-state index < -0.39 is 0 Å². The summed E-state index contributed by atoms with van der Waals surface area (Å²) in [5.41, 5.74) is 3.42. The van der Waals surface area contributed by atoms with Crippen LogP contribution in [0.2, 0.25) is 5.02 Å². The van der Waals surface area contributed by atoms with Gasteiger partial charge < -0.3 is 10.2 Å². The fourth-order valence-corrected chi connectivity index (χ4v) is 5.30. The highest BCUT2D eigenvalue weighted by molar-refractivity contribution is 8.00. The maximum absolute atomic E-state index is 12.7. The minimum Gasteiger partial charge on any atom is -0.322 e. The molecule has 4 rings (SSSR count). The molecular weight excluding hydrogens is 448 g/mol. The average Bonchev–Trinajstić information content (AvgIpc) is 3.16. The zero-order valence-corrected chi connectivity index (χ0v) is 19.3. The predicted molar refractivity (Wildman–Crippen MR) is 130 cm³/mol. The molecule has 1 atom stereocenters. The van der Waals surface area contributed by atoms with Crippen LogP contribution in [-0.2, 0) is 11.3 Å². The van der Waals surface area contributed by atoms with E-state index in [-0.39, 0.29) is 17.2 Å². The topological polar surface area (TPSA) is 49.4 Å². The van der Waals surface area contributed by atoms with Crippen LogP contribution < -0.4 is 5.32 Å². The van der Waals surface area contributed by atoms with Gasteiger partial charge in [-0.15, -0.1) is 23.5 Å². The van der Waals surface area contributed by atoms with Crippen molar-refractivity contribution in [3.63, 3.8) is 0 Å². The van der Waals surface area contributed by atoms with E-state index in [4.69, 9.17) is 11.6 Å². The Labute approximate surface area is 195 Å². The highest BCUT2D eigenvalue weighted by atomic mass is 35.5. The smallest absolute Gasteiger partial charge is 0.255 e. The quantitative estimate of drug-likeness (QED) is 0.445. The molecule has 3 aromatic rings. The molecule has 0 radical (unpaired) electrons. The van der Waals surface area contributed by atoms with E-state index in [1.54, 1.807) is 23.5 Å². The predicted octanol–water partition coefficient (Wildman–Crippen LogP) is 6.09. The van der Waals surface area contributed by atoms with Crippen LogP contribution in [0.4, 0.5) is 5.69 Å². The van der Waals surface area contributed by atoms with Gasteiger partial charge in [-0.3, -0.25) is 9.59 Å². The van der Waals surface area contributed by atoms with Crippen LogP contribution in [0.15, 0.2) is 77.7 Å². The number of hydrogen-bond acceptors (Lipinski definition) is 4. The number of halogens is 1. The Morgan fingerprint density at radius 2 is 1.81 bits per heavy atom. The molecule has 0 aromatic heterocycles. The van der Waals surface area contributed by atoms with Crippen molar-refractivity contribution in [1.29, 1.82) is 0 Å². The Bertz CT molecular complexity index is 1090. The third kappa shape index (κ3) is 5.09. The third-order valence-electron chi connectivity index (χ3n) is 5.05. The molecule has 1 fully saturated rings. The number of thioether (sulfide) groups is 2. The van der Waals surface area contributed by atoms with Crippen LogP contribution in [0.5, 0.6) is 0 Å². The van der Waals surface area contributed by atoms with Crippen LogP contribution in [0.25, 0.3) is 0 Å². The Morgan fingerprint density at radius 1 is 1.10 bits per heavy atom. The lowest BCUT2D eigenvalue weighted by atomic mass is 10.1. The van der Waals surface area contributed by atoms with Crippen LogP contribution >= 0.6 is 35.1 Å². The molecule has 4 nitrogen and oxygen atoms in total. The molecule has 0 saturated carbocycles. The van der Waals surface area contributed by atoms with Gasteiger partial charge in [0.15, 0.2) is 0 Å². The normalized spacial score (nSPS) is 15.9. The SMILES string of the molecule is CSc1ccccc1NC(=O)c1ccc([C@H]2SCC(=O)N2Cc2ccc(Cl)cc2)cc1. The molecule has 1 heterocycles. The van der Waals surface area contributed by atoms with Crippen molar-refractivity contribution in [2.45, 2.75) is 16.8 Å². The lowest BCUT2D eigenvalue weighted by molar-refractivity contribution is -0.128. The number of carbonyl (C=O) groups excluding carboxylic acids is 2. The molecule has 7 heteroatoms. The van der Waals surface area contributed by atoms with E-state index in [9.17, 15) is 9.59 Å². The molecule has 1 aliphatic rings. The molecule has 0 aliphatic carbocycles. The summed E-state index contributed by atoms with van der Waals surface area (Å²) in [7, 11) is 0. The summed E-state index contributed by atoms with van der Waals surface area (Å²) >= 11 is 9.17. The van der Waals surface area contributed by atoms with Gasteiger partial charge in [0, 0.05) is 22.0 Å². The molecule has 0 bridgehead atoms. The molecule has 0 spiro atoms. The number of nitrogens with one attached hydrogen (secondary N) is 1. The van der Waals surface area contributed by atoms with E-state index in [0.717, 1.165) is 21.7 Å².